The highest BCUT2D eigenvalue weighted by molar-refractivity contribution is 5.78. The van der Waals surface area contributed by atoms with Gasteiger partial charge in [0, 0.05) is 45.0 Å². The van der Waals surface area contributed by atoms with Crippen LogP contribution in [0, 0.1) is 0 Å². The fraction of sp³-hybridized carbons (Fsp3) is 0.474. The first-order chi connectivity index (χ1) is 13.1. The number of imidazole rings is 1. The molecule has 8 heteroatoms. The molecule has 0 unspecified atom stereocenters. The Kier molecular flexibility index (Phi) is 4.55. The number of pyridine rings is 1. The lowest BCUT2D eigenvalue weighted by Crippen LogP contribution is -2.41. The quantitative estimate of drug-likeness (QED) is 0.693. The number of amides is 1. The van der Waals surface area contributed by atoms with Gasteiger partial charge in [0.1, 0.15) is 11.5 Å². The van der Waals surface area contributed by atoms with E-state index in [4.69, 9.17) is 0 Å². The van der Waals surface area contributed by atoms with Crippen molar-refractivity contribution in [2.24, 2.45) is 7.05 Å². The van der Waals surface area contributed by atoms with E-state index in [0.29, 0.717) is 19.5 Å². The van der Waals surface area contributed by atoms with E-state index in [-0.39, 0.29) is 17.5 Å². The summed E-state index contributed by atoms with van der Waals surface area (Å²) in [4.78, 5) is 31.3. The van der Waals surface area contributed by atoms with Crippen LogP contribution in [0.25, 0.3) is 5.65 Å². The maximum absolute atomic E-state index is 12.9. The highest BCUT2D eigenvalue weighted by Crippen LogP contribution is 2.25. The van der Waals surface area contributed by atoms with Crippen LogP contribution in [0.4, 0.5) is 0 Å². The second-order valence-electron chi connectivity index (χ2n) is 7.04. The summed E-state index contributed by atoms with van der Waals surface area (Å²) in [5.74, 6) is 0.975. The van der Waals surface area contributed by atoms with E-state index in [0.717, 1.165) is 36.6 Å². The van der Waals surface area contributed by atoms with E-state index < -0.39 is 0 Å². The van der Waals surface area contributed by atoms with Gasteiger partial charge in [-0.3, -0.25) is 9.36 Å². The predicted molar refractivity (Wildman–Crippen MR) is 101 cm³/mol. The number of carbonyl (C=O) groups excluding carboxylic acids is 1. The summed E-state index contributed by atoms with van der Waals surface area (Å²) < 4.78 is 5.05. The molecule has 1 amide bonds. The van der Waals surface area contributed by atoms with E-state index in [1.54, 1.807) is 17.8 Å². The topological polar surface area (TPSA) is 77.4 Å². The van der Waals surface area contributed by atoms with Crippen molar-refractivity contribution in [3.05, 3.63) is 52.6 Å². The lowest BCUT2D eigenvalue weighted by molar-refractivity contribution is -0.131. The molecule has 1 aliphatic rings. The number of likely N-dealkylation sites (tertiary alicyclic amines) is 1. The van der Waals surface area contributed by atoms with E-state index in [2.05, 4.69) is 10.1 Å². The van der Waals surface area contributed by atoms with Gasteiger partial charge in [0.15, 0.2) is 0 Å². The second kappa shape index (κ2) is 7.02. The second-order valence-corrected chi connectivity index (χ2v) is 7.04. The molecule has 1 atom stereocenters. The normalized spacial score (nSPS) is 17.6. The summed E-state index contributed by atoms with van der Waals surface area (Å²) in [6.45, 7) is 3.89. The molecular weight excluding hydrogens is 344 g/mol. The number of hydrogen-bond acceptors (Lipinski definition) is 4. The van der Waals surface area contributed by atoms with E-state index in [1.165, 1.54) is 4.68 Å². The van der Waals surface area contributed by atoms with Crippen LogP contribution in [0.3, 0.4) is 0 Å². The standard InChI is InChI=1S/C19H24N6O2/c1-3-24-18(21-22(2)19(24)27)14-7-6-9-23(13-14)17(26)11-15-12-20-16-8-4-5-10-25(15)16/h4-5,8,10,12,14H,3,6-7,9,11,13H2,1-2H3/t14-/m0/s1. The zero-order valence-corrected chi connectivity index (χ0v) is 15.7. The van der Waals surface area contributed by atoms with Crippen molar-refractivity contribution < 1.29 is 4.79 Å². The first-order valence-electron chi connectivity index (χ1n) is 9.41. The third kappa shape index (κ3) is 3.15. The van der Waals surface area contributed by atoms with Crippen molar-refractivity contribution in [2.45, 2.75) is 38.6 Å². The Balaban J connectivity index is 1.52. The Morgan fingerprint density at radius 3 is 3.00 bits per heavy atom. The van der Waals surface area contributed by atoms with Crippen LogP contribution in [0.2, 0.25) is 0 Å². The van der Waals surface area contributed by atoms with Crippen LogP contribution in [0.1, 0.15) is 37.2 Å². The molecule has 0 aliphatic carbocycles. The largest absolute Gasteiger partial charge is 0.345 e. The number of hydrogen-bond donors (Lipinski definition) is 0. The Bertz CT molecular complexity index is 1030. The molecule has 3 aromatic rings. The maximum Gasteiger partial charge on any atom is 0.345 e. The van der Waals surface area contributed by atoms with E-state index >= 15 is 0 Å². The number of carbonyl (C=O) groups is 1. The summed E-state index contributed by atoms with van der Waals surface area (Å²) in [7, 11) is 1.68. The lowest BCUT2D eigenvalue weighted by atomic mass is 9.96. The van der Waals surface area contributed by atoms with Gasteiger partial charge < -0.3 is 9.30 Å². The Labute approximate surface area is 157 Å². The molecule has 1 saturated heterocycles. The minimum absolute atomic E-state index is 0.0895. The Hall–Kier alpha value is -2.90. The minimum Gasteiger partial charge on any atom is -0.342 e. The Morgan fingerprint density at radius 1 is 1.33 bits per heavy atom. The maximum atomic E-state index is 12.9. The first-order valence-corrected chi connectivity index (χ1v) is 9.41. The summed E-state index contributed by atoms with van der Waals surface area (Å²) in [5, 5.41) is 4.43. The van der Waals surface area contributed by atoms with Crippen LogP contribution in [-0.2, 0) is 24.8 Å². The zero-order valence-electron chi connectivity index (χ0n) is 15.7. The number of aromatic nitrogens is 5. The smallest absolute Gasteiger partial charge is 0.342 e. The molecule has 4 heterocycles. The monoisotopic (exact) mass is 368 g/mol. The molecule has 0 radical (unpaired) electrons. The predicted octanol–water partition coefficient (Wildman–Crippen LogP) is 1.20. The SMILES string of the molecule is CCn1c([C@H]2CCCN(C(=O)Cc3cnc4ccccn34)C2)nn(C)c1=O. The first kappa shape index (κ1) is 17.5. The zero-order chi connectivity index (χ0) is 19.0. The summed E-state index contributed by atoms with van der Waals surface area (Å²) in [6.07, 6.45) is 5.87. The molecule has 1 aliphatic heterocycles. The van der Waals surface area contributed by atoms with Gasteiger partial charge in [0.25, 0.3) is 0 Å². The highest BCUT2D eigenvalue weighted by Gasteiger charge is 2.29. The van der Waals surface area contributed by atoms with Crippen molar-refractivity contribution in [3.63, 3.8) is 0 Å². The van der Waals surface area contributed by atoms with Gasteiger partial charge >= 0.3 is 5.69 Å². The van der Waals surface area contributed by atoms with Gasteiger partial charge in [-0.15, -0.1) is 0 Å². The molecule has 0 aromatic carbocycles. The summed E-state index contributed by atoms with van der Waals surface area (Å²) >= 11 is 0. The van der Waals surface area contributed by atoms with E-state index in [9.17, 15) is 9.59 Å². The lowest BCUT2D eigenvalue weighted by Gasteiger charge is -2.32. The van der Waals surface area contributed by atoms with Crippen LogP contribution < -0.4 is 5.69 Å². The van der Waals surface area contributed by atoms with E-state index in [1.807, 2.05) is 40.6 Å². The van der Waals surface area contributed by atoms with Crippen molar-refractivity contribution in [1.29, 1.82) is 0 Å². The van der Waals surface area contributed by atoms with Gasteiger partial charge in [-0.2, -0.15) is 5.10 Å². The van der Waals surface area contributed by atoms with Crippen molar-refractivity contribution in [3.8, 4) is 0 Å². The molecule has 27 heavy (non-hydrogen) atoms. The third-order valence-electron chi connectivity index (χ3n) is 5.32. The molecule has 0 spiro atoms. The van der Waals surface area contributed by atoms with Gasteiger partial charge in [-0.05, 0) is 31.9 Å². The molecule has 0 saturated carbocycles. The molecule has 0 N–H and O–H groups in total. The number of nitrogens with zero attached hydrogens (tertiary/aromatic N) is 6. The molecule has 8 nitrogen and oxygen atoms in total. The summed E-state index contributed by atoms with van der Waals surface area (Å²) in [6, 6.07) is 5.80. The van der Waals surface area contributed by atoms with Crippen LogP contribution in [-0.4, -0.2) is 47.6 Å². The molecule has 3 aromatic heterocycles. The van der Waals surface area contributed by atoms with Gasteiger partial charge in [0.2, 0.25) is 5.91 Å². The van der Waals surface area contributed by atoms with Gasteiger partial charge in [-0.25, -0.2) is 14.5 Å². The van der Waals surface area contributed by atoms with Crippen LogP contribution >= 0.6 is 0 Å². The van der Waals surface area contributed by atoms with Crippen molar-refractivity contribution in [2.75, 3.05) is 13.1 Å². The average molecular weight is 368 g/mol. The molecule has 1 fully saturated rings. The van der Waals surface area contributed by atoms with Gasteiger partial charge in [0.05, 0.1) is 12.1 Å². The molecular formula is C19H24N6O2. The Morgan fingerprint density at radius 2 is 2.19 bits per heavy atom. The number of aryl methyl sites for hydroxylation is 1. The highest BCUT2D eigenvalue weighted by atomic mass is 16.2. The third-order valence-corrected chi connectivity index (χ3v) is 5.32. The van der Waals surface area contributed by atoms with Crippen molar-refractivity contribution >= 4 is 11.6 Å². The fourth-order valence-corrected chi connectivity index (χ4v) is 3.92. The van der Waals surface area contributed by atoms with Crippen molar-refractivity contribution in [1.82, 2.24) is 28.6 Å². The number of rotatable bonds is 4. The van der Waals surface area contributed by atoms with Crippen LogP contribution in [0.15, 0.2) is 35.4 Å². The molecule has 142 valence electrons. The van der Waals surface area contributed by atoms with Gasteiger partial charge in [-0.1, -0.05) is 6.07 Å². The molecule has 0 bridgehead atoms. The molecule has 4 rings (SSSR count). The summed E-state index contributed by atoms with van der Waals surface area (Å²) in [5.41, 5.74) is 1.64. The minimum atomic E-state index is -0.0957. The average Bonchev–Trinajstić information content (AvgIpc) is 3.23. The number of piperidine rings is 1. The fourth-order valence-electron chi connectivity index (χ4n) is 3.92. The number of fused-ring (bicyclic) bond motifs is 1. The van der Waals surface area contributed by atoms with Crippen LogP contribution in [0.5, 0.6) is 0 Å².